The normalized spacial score (nSPS) is 17.5. The molecule has 2 aromatic heterocycles. The first-order chi connectivity index (χ1) is 11.6. The highest BCUT2D eigenvalue weighted by molar-refractivity contribution is 7.10. The van der Waals surface area contributed by atoms with Gasteiger partial charge in [0.2, 0.25) is 0 Å². The van der Waals surface area contributed by atoms with E-state index in [2.05, 4.69) is 11.1 Å². The van der Waals surface area contributed by atoms with Crippen LogP contribution < -0.4 is 0 Å². The van der Waals surface area contributed by atoms with Crippen LogP contribution in [0.2, 0.25) is 0 Å². The molecule has 1 aromatic carbocycles. The van der Waals surface area contributed by atoms with Gasteiger partial charge in [0.05, 0.1) is 16.5 Å². The Morgan fingerprint density at radius 2 is 2.25 bits per heavy atom. The number of hydrogen-bond acceptors (Lipinski definition) is 4. The van der Waals surface area contributed by atoms with Crippen LogP contribution in [-0.4, -0.2) is 27.3 Å². The Hall–Kier alpha value is -2.67. The minimum Gasteiger partial charge on any atom is -0.360 e. The fourth-order valence-electron chi connectivity index (χ4n) is 3.34. The predicted molar refractivity (Wildman–Crippen MR) is 92.3 cm³/mol. The van der Waals surface area contributed by atoms with E-state index in [1.807, 2.05) is 16.3 Å². The highest BCUT2D eigenvalue weighted by atomic mass is 32.1. The molecule has 24 heavy (non-hydrogen) atoms. The van der Waals surface area contributed by atoms with Crippen LogP contribution >= 0.6 is 11.3 Å². The van der Waals surface area contributed by atoms with Gasteiger partial charge in [-0.2, -0.15) is 0 Å². The third kappa shape index (κ3) is 2.37. The van der Waals surface area contributed by atoms with Crippen LogP contribution in [0.5, 0.6) is 0 Å². The summed E-state index contributed by atoms with van der Waals surface area (Å²) >= 11 is 1.66. The van der Waals surface area contributed by atoms with Crippen molar-refractivity contribution in [2.45, 2.75) is 18.9 Å². The molecular formula is C17H15N3O3S. The molecule has 1 saturated heterocycles. The fraction of sp³-hybridized carbons (Fsp3) is 0.235. The number of fused-ring (bicyclic) bond motifs is 1. The van der Waals surface area contributed by atoms with E-state index in [-0.39, 0.29) is 17.6 Å². The number of nitro groups is 1. The van der Waals surface area contributed by atoms with Crippen molar-refractivity contribution in [1.82, 2.24) is 9.88 Å². The topological polar surface area (TPSA) is 79.2 Å². The summed E-state index contributed by atoms with van der Waals surface area (Å²) < 4.78 is 0. The molecule has 1 N–H and O–H groups in total. The summed E-state index contributed by atoms with van der Waals surface area (Å²) in [5.74, 6) is -0.0716. The fourth-order valence-corrected chi connectivity index (χ4v) is 4.21. The lowest BCUT2D eigenvalue weighted by atomic mass is 10.1. The number of aromatic nitrogens is 1. The molecule has 1 amide bonds. The largest absolute Gasteiger partial charge is 0.360 e. The summed E-state index contributed by atoms with van der Waals surface area (Å²) in [6.07, 6.45) is 3.58. The summed E-state index contributed by atoms with van der Waals surface area (Å²) in [5, 5.41) is 13.6. The number of aromatic amines is 1. The van der Waals surface area contributed by atoms with Crippen LogP contribution in [0.15, 0.2) is 41.9 Å². The Labute approximate surface area is 141 Å². The summed E-state index contributed by atoms with van der Waals surface area (Å²) in [5.41, 5.74) is 1.22. The lowest BCUT2D eigenvalue weighted by Crippen LogP contribution is -2.30. The lowest BCUT2D eigenvalue weighted by molar-refractivity contribution is -0.384. The second-order valence-electron chi connectivity index (χ2n) is 5.86. The smallest absolute Gasteiger partial charge is 0.270 e. The molecule has 0 radical (unpaired) electrons. The Balaban J connectivity index is 1.72. The average molecular weight is 341 g/mol. The first-order valence-corrected chi connectivity index (χ1v) is 8.63. The van der Waals surface area contributed by atoms with Crippen molar-refractivity contribution in [2.24, 2.45) is 0 Å². The molecular weight excluding hydrogens is 326 g/mol. The average Bonchev–Trinajstić information content (AvgIpc) is 3.31. The number of hydrogen-bond donors (Lipinski definition) is 1. The summed E-state index contributed by atoms with van der Waals surface area (Å²) in [4.78, 5) is 29.7. The van der Waals surface area contributed by atoms with E-state index in [4.69, 9.17) is 0 Å². The van der Waals surface area contributed by atoms with Gasteiger partial charge in [0.1, 0.15) is 0 Å². The van der Waals surface area contributed by atoms with E-state index in [1.165, 1.54) is 17.0 Å². The number of amides is 1. The molecule has 3 aromatic rings. The molecule has 3 heterocycles. The van der Waals surface area contributed by atoms with Crippen molar-refractivity contribution in [3.8, 4) is 0 Å². The second-order valence-corrected chi connectivity index (χ2v) is 6.84. The number of non-ortho nitro benzene ring substituents is 1. The van der Waals surface area contributed by atoms with Gasteiger partial charge in [0.15, 0.2) is 0 Å². The maximum absolute atomic E-state index is 13.0. The Kier molecular flexibility index (Phi) is 3.57. The Bertz CT molecular complexity index is 916. The summed E-state index contributed by atoms with van der Waals surface area (Å²) in [6.45, 7) is 0.711. The van der Waals surface area contributed by atoms with Crippen molar-refractivity contribution < 1.29 is 9.72 Å². The van der Waals surface area contributed by atoms with Crippen LogP contribution in [0.1, 0.15) is 34.1 Å². The number of H-pyrrole nitrogens is 1. The highest BCUT2D eigenvalue weighted by Crippen LogP contribution is 2.36. The molecule has 122 valence electrons. The zero-order chi connectivity index (χ0) is 16.7. The highest BCUT2D eigenvalue weighted by Gasteiger charge is 2.32. The van der Waals surface area contributed by atoms with Crippen molar-refractivity contribution in [3.05, 3.63) is 62.5 Å². The molecule has 4 rings (SSSR count). The monoisotopic (exact) mass is 341 g/mol. The predicted octanol–water partition coefficient (Wildman–Crippen LogP) is 4.11. The molecule has 0 aliphatic carbocycles. The summed E-state index contributed by atoms with van der Waals surface area (Å²) in [7, 11) is 0. The standard InChI is InChI=1S/C17H15N3O3S/c21-17(19-7-1-3-15(19)16-4-2-8-24-16)13-10-18-14-6-5-11(20(22)23)9-12(13)14/h2,4-6,8-10,15,18H,1,3,7H2/t15-/m1/s1. The van der Waals surface area contributed by atoms with E-state index in [0.29, 0.717) is 17.5 Å². The van der Waals surface area contributed by atoms with Crippen LogP contribution in [0.4, 0.5) is 5.69 Å². The van der Waals surface area contributed by atoms with E-state index in [9.17, 15) is 14.9 Å². The first kappa shape index (κ1) is 14.9. The minimum absolute atomic E-state index is 0.00706. The third-order valence-electron chi connectivity index (χ3n) is 4.49. The quantitative estimate of drug-likeness (QED) is 0.575. The maximum Gasteiger partial charge on any atom is 0.270 e. The van der Waals surface area contributed by atoms with Gasteiger partial charge in [0.25, 0.3) is 11.6 Å². The lowest BCUT2D eigenvalue weighted by Gasteiger charge is -2.23. The van der Waals surface area contributed by atoms with Crippen molar-refractivity contribution in [1.29, 1.82) is 0 Å². The van der Waals surface area contributed by atoms with Gasteiger partial charge in [-0.05, 0) is 30.4 Å². The van der Waals surface area contributed by atoms with E-state index >= 15 is 0 Å². The molecule has 1 fully saturated rings. The van der Waals surface area contributed by atoms with Crippen molar-refractivity contribution in [3.63, 3.8) is 0 Å². The van der Waals surface area contributed by atoms with Crippen LogP contribution in [0.25, 0.3) is 10.9 Å². The third-order valence-corrected chi connectivity index (χ3v) is 5.47. The van der Waals surface area contributed by atoms with Gasteiger partial charge in [-0.3, -0.25) is 14.9 Å². The number of nitro benzene ring substituents is 1. The Morgan fingerprint density at radius 1 is 1.38 bits per heavy atom. The molecule has 0 saturated carbocycles. The maximum atomic E-state index is 13.0. The number of nitrogens with zero attached hydrogens (tertiary/aromatic N) is 2. The zero-order valence-electron chi connectivity index (χ0n) is 12.8. The SMILES string of the molecule is O=C(c1c[nH]c2ccc([N+](=O)[O-])cc12)N1CCC[C@@H]1c1cccs1. The molecule has 1 aliphatic rings. The second kappa shape index (κ2) is 5.76. The van der Waals surface area contributed by atoms with Gasteiger partial charge in [-0.25, -0.2) is 0 Å². The van der Waals surface area contributed by atoms with Crippen LogP contribution in [0, 0.1) is 10.1 Å². The molecule has 7 heteroatoms. The van der Waals surface area contributed by atoms with E-state index < -0.39 is 4.92 Å². The van der Waals surface area contributed by atoms with Crippen LogP contribution in [0.3, 0.4) is 0 Å². The zero-order valence-corrected chi connectivity index (χ0v) is 13.6. The molecule has 0 bridgehead atoms. The molecule has 0 unspecified atom stereocenters. The van der Waals surface area contributed by atoms with Gasteiger partial charge in [0, 0.05) is 40.7 Å². The van der Waals surface area contributed by atoms with Gasteiger partial charge in [-0.15, -0.1) is 11.3 Å². The number of benzene rings is 1. The van der Waals surface area contributed by atoms with E-state index in [0.717, 1.165) is 18.4 Å². The molecule has 1 aliphatic heterocycles. The number of nitrogens with one attached hydrogen (secondary N) is 1. The van der Waals surface area contributed by atoms with Crippen molar-refractivity contribution in [2.75, 3.05) is 6.54 Å². The summed E-state index contributed by atoms with van der Waals surface area (Å²) in [6, 6.07) is 8.70. The number of likely N-dealkylation sites (tertiary alicyclic amines) is 1. The number of thiophene rings is 1. The van der Waals surface area contributed by atoms with Crippen molar-refractivity contribution >= 4 is 33.8 Å². The van der Waals surface area contributed by atoms with Gasteiger partial charge in [-0.1, -0.05) is 6.07 Å². The van der Waals surface area contributed by atoms with Crippen LogP contribution in [-0.2, 0) is 0 Å². The Morgan fingerprint density at radius 3 is 3.00 bits per heavy atom. The first-order valence-electron chi connectivity index (χ1n) is 7.75. The molecule has 6 nitrogen and oxygen atoms in total. The van der Waals surface area contributed by atoms with Gasteiger partial charge >= 0.3 is 0 Å². The van der Waals surface area contributed by atoms with E-state index in [1.54, 1.807) is 23.6 Å². The number of rotatable bonds is 3. The minimum atomic E-state index is -0.439. The number of carbonyl (C=O) groups is 1. The molecule has 0 spiro atoms. The number of carbonyl (C=O) groups excluding carboxylic acids is 1. The molecule has 1 atom stereocenters. The van der Waals surface area contributed by atoms with Gasteiger partial charge < -0.3 is 9.88 Å².